The van der Waals surface area contributed by atoms with Crippen LogP contribution in [0.15, 0.2) is 72.0 Å². The third kappa shape index (κ3) is 9.61. The number of aryl methyl sites for hydroxylation is 1. The number of halogens is 8. The number of nitrogens with one attached hydrogen (secondary N) is 1. The van der Waals surface area contributed by atoms with Gasteiger partial charge in [0.05, 0.1) is 35.7 Å². The van der Waals surface area contributed by atoms with E-state index in [1.54, 1.807) is 20.8 Å². The summed E-state index contributed by atoms with van der Waals surface area (Å²) in [5.41, 5.74) is -6.59. The van der Waals surface area contributed by atoms with E-state index in [1.165, 1.54) is 28.6 Å². The molecule has 2 amide bonds. The van der Waals surface area contributed by atoms with Crippen molar-refractivity contribution in [2.24, 2.45) is 12.0 Å². The molecule has 0 bridgehead atoms. The Morgan fingerprint density at radius 1 is 0.902 bits per heavy atom. The summed E-state index contributed by atoms with van der Waals surface area (Å²) in [6, 6.07) is 5.10. The maximum atomic E-state index is 16.3. The molecular formula is C34H30F8N4O5. The van der Waals surface area contributed by atoms with Gasteiger partial charge >= 0.3 is 24.4 Å². The molecule has 1 heterocycles. The highest BCUT2D eigenvalue weighted by molar-refractivity contribution is 5.97. The van der Waals surface area contributed by atoms with Crippen LogP contribution in [0, 0.1) is 11.6 Å². The highest BCUT2D eigenvalue weighted by Gasteiger charge is 2.36. The van der Waals surface area contributed by atoms with Crippen molar-refractivity contribution in [2.45, 2.75) is 57.7 Å². The number of rotatable bonds is 8. The maximum Gasteiger partial charge on any atom is 0.437 e. The molecule has 0 fully saturated rings. The van der Waals surface area contributed by atoms with Gasteiger partial charge < -0.3 is 24.3 Å². The standard InChI is InChI=1S/C34H30F8N4O5/c1-32(2,3)51-31(50)44-30-45(4)10-11-46(30)17-18-12-23(22-9-8-21(35)15-25(22)34(40,41)42)28(36)24(13-18)29(49)43-26(16-27(47)48)19-6-5-7-20(14-19)33(37,38)39/h5-15,26H,16-17H2,1-4H3,(H,43,49)(H,47,48)/t26-/m0/s1. The SMILES string of the molecule is Cn1ccn(Cc2cc(C(=O)N[C@@H](CC(=O)O)c3cccc(C(F)(F)F)c3)c(F)c(-c3ccc(F)cc3C(F)(F)F)c2)c1=NC(=O)OC(C)(C)C. The third-order valence-corrected chi connectivity index (χ3v) is 7.23. The van der Waals surface area contributed by atoms with Gasteiger partial charge in [0.1, 0.15) is 17.2 Å². The fourth-order valence-electron chi connectivity index (χ4n) is 5.06. The van der Waals surface area contributed by atoms with E-state index in [2.05, 4.69) is 10.3 Å². The number of hydrogen-bond donors (Lipinski definition) is 2. The fraction of sp³-hybridized carbons (Fsp3) is 0.294. The first-order valence-corrected chi connectivity index (χ1v) is 14.9. The van der Waals surface area contributed by atoms with Crippen molar-refractivity contribution in [1.82, 2.24) is 14.5 Å². The predicted octanol–water partition coefficient (Wildman–Crippen LogP) is 7.64. The summed E-state index contributed by atoms with van der Waals surface area (Å²) < 4.78 is 121. The zero-order valence-corrected chi connectivity index (χ0v) is 27.3. The molecule has 4 rings (SSSR count). The van der Waals surface area contributed by atoms with Crippen molar-refractivity contribution >= 4 is 18.0 Å². The summed E-state index contributed by atoms with van der Waals surface area (Å²) >= 11 is 0. The number of carbonyl (C=O) groups is 3. The van der Waals surface area contributed by atoms with Crippen LogP contribution in [0.3, 0.4) is 0 Å². The lowest BCUT2D eigenvalue weighted by molar-refractivity contribution is -0.138. The minimum Gasteiger partial charge on any atom is -0.481 e. The molecule has 0 saturated heterocycles. The number of nitrogens with zero attached hydrogens (tertiary/aromatic N) is 3. The minimum atomic E-state index is -5.19. The van der Waals surface area contributed by atoms with E-state index in [0.717, 1.165) is 24.3 Å². The van der Waals surface area contributed by atoms with Gasteiger partial charge in [-0.05, 0) is 73.9 Å². The molecular weight excluding hydrogens is 696 g/mol. The number of carboxylic acid groups (broad SMARTS) is 1. The van der Waals surface area contributed by atoms with E-state index >= 15 is 4.39 Å². The van der Waals surface area contributed by atoms with E-state index in [9.17, 15) is 50.2 Å². The summed E-state index contributed by atoms with van der Waals surface area (Å²) in [6.45, 7) is 4.46. The summed E-state index contributed by atoms with van der Waals surface area (Å²) in [5.74, 6) is -5.74. The number of aliphatic carboxylic acids is 1. The van der Waals surface area contributed by atoms with Gasteiger partial charge in [-0.2, -0.15) is 26.3 Å². The van der Waals surface area contributed by atoms with Crippen LogP contribution in [0.1, 0.15) is 65.8 Å². The lowest BCUT2D eigenvalue weighted by Gasteiger charge is -2.21. The highest BCUT2D eigenvalue weighted by atomic mass is 19.4. The summed E-state index contributed by atoms with van der Waals surface area (Å²) in [5, 5.41) is 11.7. The number of amides is 2. The van der Waals surface area contributed by atoms with Crippen LogP contribution in [0.2, 0.25) is 0 Å². The maximum absolute atomic E-state index is 16.3. The topological polar surface area (TPSA) is 115 Å². The van der Waals surface area contributed by atoms with E-state index < -0.39 is 87.8 Å². The van der Waals surface area contributed by atoms with E-state index in [-0.39, 0.29) is 29.4 Å². The zero-order chi connectivity index (χ0) is 38.1. The first-order valence-electron chi connectivity index (χ1n) is 14.9. The van der Waals surface area contributed by atoms with Crippen LogP contribution < -0.4 is 10.9 Å². The quantitative estimate of drug-likeness (QED) is 0.181. The summed E-state index contributed by atoms with van der Waals surface area (Å²) in [6.07, 6.45) is -9.08. The van der Waals surface area contributed by atoms with Gasteiger partial charge in [-0.25, -0.2) is 13.6 Å². The lowest BCUT2D eigenvalue weighted by Crippen LogP contribution is -2.31. The Labute approximate surface area is 284 Å². The molecule has 17 heteroatoms. The number of carbonyl (C=O) groups excluding carboxylic acids is 2. The Bertz CT molecular complexity index is 2040. The van der Waals surface area contributed by atoms with E-state index in [4.69, 9.17) is 4.74 Å². The molecule has 4 aromatic rings. The van der Waals surface area contributed by atoms with E-state index in [0.29, 0.717) is 24.3 Å². The Morgan fingerprint density at radius 2 is 1.59 bits per heavy atom. The summed E-state index contributed by atoms with van der Waals surface area (Å²) in [4.78, 5) is 41.7. The molecule has 0 spiro atoms. The average Bonchev–Trinajstić information content (AvgIpc) is 3.33. The highest BCUT2D eigenvalue weighted by Crippen LogP contribution is 2.40. The normalized spacial score (nSPS) is 13.2. The minimum absolute atomic E-state index is 0.0232. The number of ether oxygens (including phenoxy) is 1. The Kier molecular flexibility index (Phi) is 10.8. The smallest absolute Gasteiger partial charge is 0.437 e. The second kappa shape index (κ2) is 14.4. The number of aromatic nitrogens is 2. The number of alkyl halides is 6. The van der Waals surface area contributed by atoms with Gasteiger partial charge in [0, 0.05) is 25.0 Å². The van der Waals surface area contributed by atoms with Crippen molar-refractivity contribution in [1.29, 1.82) is 0 Å². The average molecular weight is 727 g/mol. The van der Waals surface area contributed by atoms with Crippen LogP contribution in [-0.4, -0.2) is 37.8 Å². The van der Waals surface area contributed by atoms with Gasteiger partial charge in [-0.15, -0.1) is 4.99 Å². The van der Waals surface area contributed by atoms with E-state index in [1.807, 2.05) is 0 Å². The fourth-order valence-corrected chi connectivity index (χ4v) is 5.06. The molecule has 9 nitrogen and oxygen atoms in total. The lowest BCUT2D eigenvalue weighted by atomic mass is 9.94. The molecule has 0 unspecified atom stereocenters. The molecule has 2 N–H and O–H groups in total. The van der Waals surface area contributed by atoms with Crippen molar-refractivity contribution in [3.8, 4) is 11.1 Å². The Balaban J connectivity index is 1.89. The van der Waals surface area contributed by atoms with Crippen LogP contribution >= 0.6 is 0 Å². The van der Waals surface area contributed by atoms with Crippen molar-refractivity contribution in [3.05, 3.63) is 112 Å². The predicted molar refractivity (Wildman–Crippen MR) is 165 cm³/mol. The molecule has 0 aliphatic carbocycles. The van der Waals surface area contributed by atoms with Crippen LogP contribution in [0.5, 0.6) is 0 Å². The number of carboxylic acids is 1. The Morgan fingerprint density at radius 3 is 2.20 bits per heavy atom. The van der Waals surface area contributed by atoms with Gasteiger partial charge in [-0.3, -0.25) is 9.59 Å². The number of benzene rings is 3. The molecule has 51 heavy (non-hydrogen) atoms. The summed E-state index contributed by atoms with van der Waals surface area (Å²) in [7, 11) is 1.51. The van der Waals surface area contributed by atoms with Gasteiger partial charge in [0.2, 0.25) is 5.62 Å². The molecule has 1 atom stereocenters. The van der Waals surface area contributed by atoms with Crippen molar-refractivity contribution in [2.75, 3.05) is 0 Å². The molecule has 0 aliphatic rings. The van der Waals surface area contributed by atoms with Crippen LogP contribution in [0.25, 0.3) is 11.1 Å². The van der Waals surface area contributed by atoms with Crippen molar-refractivity contribution < 1.29 is 59.4 Å². The molecule has 272 valence electrons. The molecule has 0 radical (unpaired) electrons. The first kappa shape index (κ1) is 38.3. The number of hydrogen-bond acceptors (Lipinski definition) is 4. The largest absolute Gasteiger partial charge is 0.481 e. The number of imidazole rings is 1. The van der Waals surface area contributed by atoms with Crippen LogP contribution in [-0.2, 0) is 35.5 Å². The zero-order valence-electron chi connectivity index (χ0n) is 27.3. The van der Waals surface area contributed by atoms with Crippen LogP contribution in [0.4, 0.5) is 39.9 Å². The second-order valence-corrected chi connectivity index (χ2v) is 12.4. The monoisotopic (exact) mass is 726 g/mol. The molecule has 0 saturated carbocycles. The molecule has 1 aromatic heterocycles. The van der Waals surface area contributed by atoms with Gasteiger partial charge in [-0.1, -0.05) is 18.2 Å². The van der Waals surface area contributed by atoms with Crippen molar-refractivity contribution in [3.63, 3.8) is 0 Å². The molecule has 0 aliphatic heterocycles. The first-order chi connectivity index (χ1) is 23.5. The van der Waals surface area contributed by atoms with Gasteiger partial charge in [0.25, 0.3) is 5.91 Å². The molecule has 3 aromatic carbocycles. The third-order valence-electron chi connectivity index (χ3n) is 7.23. The second-order valence-electron chi connectivity index (χ2n) is 12.4. The van der Waals surface area contributed by atoms with Gasteiger partial charge in [0.15, 0.2) is 0 Å². The Hall–Kier alpha value is -5.48.